The van der Waals surface area contributed by atoms with Crippen molar-refractivity contribution in [2.75, 3.05) is 13.2 Å². The molecule has 0 fully saturated rings. The van der Waals surface area contributed by atoms with Crippen molar-refractivity contribution in [2.45, 2.75) is 102 Å². The van der Waals surface area contributed by atoms with Crippen molar-refractivity contribution in [1.82, 2.24) is 0 Å². The maximum Gasteiger partial charge on any atom is 0.130 e. The quantitative estimate of drug-likeness (QED) is 0.160. The molecule has 0 heterocycles. The van der Waals surface area contributed by atoms with E-state index in [-0.39, 0.29) is 10.9 Å². The average molecular weight is 494 g/mol. The highest BCUT2D eigenvalue weighted by atomic mass is 79.9. The molecule has 2 unspecified atom stereocenters. The van der Waals surface area contributed by atoms with E-state index in [0.717, 1.165) is 36.3 Å². The molecule has 0 saturated heterocycles. The topological polar surface area (TPSA) is 18.5 Å². The number of rotatable bonds is 16. The van der Waals surface area contributed by atoms with Crippen molar-refractivity contribution < 1.29 is 9.47 Å². The van der Waals surface area contributed by atoms with Crippen molar-refractivity contribution in [3.63, 3.8) is 0 Å². The fraction of sp³-hybridized carbons (Fsp3) is 0.818. The Morgan fingerprint density at radius 1 is 0.769 bits per heavy atom. The van der Waals surface area contributed by atoms with Crippen LogP contribution >= 0.6 is 31.9 Å². The SMILES string of the molecule is CCCCCCCCOC1=CC(Br)C(OCCCCCCCC)C=C1Br. The molecule has 0 N–H and O–H groups in total. The molecule has 0 aliphatic heterocycles. The third-order valence-corrected chi connectivity index (χ3v) is 6.17. The van der Waals surface area contributed by atoms with E-state index >= 15 is 0 Å². The standard InChI is InChI=1S/C22H38Br2O2/c1-3-5-7-9-11-13-15-25-21-17-20(24)22(18-19(21)23)26-16-14-12-10-8-6-4-2/h17-19,21H,3-16H2,1-2H3. The number of ether oxygens (including phenoxy) is 2. The van der Waals surface area contributed by atoms with Gasteiger partial charge < -0.3 is 9.47 Å². The van der Waals surface area contributed by atoms with E-state index in [2.05, 4.69) is 57.9 Å². The predicted molar refractivity (Wildman–Crippen MR) is 120 cm³/mol. The second-order valence-corrected chi connectivity index (χ2v) is 9.12. The van der Waals surface area contributed by atoms with E-state index in [1.807, 2.05) is 0 Å². The van der Waals surface area contributed by atoms with Gasteiger partial charge in [-0.2, -0.15) is 0 Å². The van der Waals surface area contributed by atoms with E-state index in [1.165, 1.54) is 64.2 Å². The minimum atomic E-state index is 0.0846. The maximum absolute atomic E-state index is 6.05. The summed E-state index contributed by atoms with van der Waals surface area (Å²) in [6.07, 6.45) is 19.8. The van der Waals surface area contributed by atoms with Crippen LogP contribution in [-0.4, -0.2) is 24.1 Å². The van der Waals surface area contributed by atoms with Crippen LogP contribution in [0, 0.1) is 0 Å². The number of allylic oxidation sites excluding steroid dienone is 1. The van der Waals surface area contributed by atoms with Crippen molar-refractivity contribution in [2.24, 2.45) is 0 Å². The first-order valence-electron chi connectivity index (χ1n) is 10.7. The lowest BCUT2D eigenvalue weighted by Crippen LogP contribution is -2.25. The number of alkyl halides is 1. The van der Waals surface area contributed by atoms with Gasteiger partial charge in [-0.15, -0.1) is 0 Å². The van der Waals surface area contributed by atoms with Gasteiger partial charge in [-0.3, -0.25) is 0 Å². The molecule has 0 aromatic carbocycles. The molecule has 0 spiro atoms. The Labute approximate surface area is 178 Å². The molecule has 0 saturated carbocycles. The van der Waals surface area contributed by atoms with Crippen LogP contribution in [0.25, 0.3) is 0 Å². The molecule has 1 aliphatic rings. The molecule has 2 atom stereocenters. The number of unbranched alkanes of at least 4 members (excludes halogenated alkanes) is 10. The first-order chi connectivity index (χ1) is 12.7. The zero-order valence-electron chi connectivity index (χ0n) is 16.8. The van der Waals surface area contributed by atoms with Crippen LogP contribution < -0.4 is 0 Å². The molecule has 0 bridgehead atoms. The molecule has 1 rings (SSSR count). The first-order valence-corrected chi connectivity index (χ1v) is 12.4. The zero-order chi connectivity index (χ0) is 19.0. The second kappa shape index (κ2) is 16.2. The molecule has 1 aliphatic carbocycles. The van der Waals surface area contributed by atoms with Crippen LogP contribution in [0.15, 0.2) is 22.4 Å². The van der Waals surface area contributed by atoms with Crippen molar-refractivity contribution in [3.05, 3.63) is 22.4 Å². The summed E-state index contributed by atoms with van der Waals surface area (Å²) in [5.41, 5.74) is 0. The van der Waals surface area contributed by atoms with Crippen LogP contribution in [0.2, 0.25) is 0 Å². The predicted octanol–water partition coefficient (Wildman–Crippen LogP) is 8.05. The molecule has 0 radical (unpaired) electrons. The van der Waals surface area contributed by atoms with Crippen LogP contribution in [0.4, 0.5) is 0 Å². The largest absolute Gasteiger partial charge is 0.493 e. The Hall–Kier alpha value is 0.200. The van der Waals surface area contributed by atoms with Crippen LogP contribution in [-0.2, 0) is 9.47 Å². The van der Waals surface area contributed by atoms with E-state index in [0.29, 0.717) is 0 Å². The van der Waals surface area contributed by atoms with Crippen LogP contribution in [0.5, 0.6) is 0 Å². The lowest BCUT2D eigenvalue weighted by atomic mass is 10.1. The Morgan fingerprint density at radius 2 is 1.31 bits per heavy atom. The molecular formula is C22H38Br2O2. The lowest BCUT2D eigenvalue weighted by molar-refractivity contribution is 0.0847. The van der Waals surface area contributed by atoms with Gasteiger partial charge in [-0.25, -0.2) is 0 Å². The summed E-state index contributed by atoms with van der Waals surface area (Å²) in [6, 6.07) is 0. The third kappa shape index (κ3) is 11.1. The Bertz CT molecular complexity index is 407. The van der Waals surface area contributed by atoms with Crippen molar-refractivity contribution in [1.29, 1.82) is 0 Å². The molecule has 2 nitrogen and oxygen atoms in total. The van der Waals surface area contributed by atoms with E-state index in [4.69, 9.17) is 9.47 Å². The van der Waals surface area contributed by atoms with E-state index in [9.17, 15) is 0 Å². The summed E-state index contributed by atoms with van der Waals surface area (Å²) in [5.74, 6) is 0.944. The highest BCUT2D eigenvalue weighted by Gasteiger charge is 2.23. The Balaban J connectivity index is 2.16. The maximum atomic E-state index is 6.05. The van der Waals surface area contributed by atoms with Gasteiger partial charge in [-0.05, 0) is 40.9 Å². The van der Waals surface area contributed by atoms with Gasteiger partial charge in [-0.1, -0.05) is 94.0 Å². The van der Waals surface area contributed by atoms with Crippen molar-refractivity contribution in [3.8, 4) is 0 Å². The van der Waals surface area contributed by atoms with Gasteiger partial charge >= 0.3 is 0 Å². The summed E-state index contributed by atoms with van der Waals surface area (Å²) in [6.45, 7) is 6.14. The van der Waals surface area contributed by atoms with Crippen molar-refractivity contribution >= 4 is 31.9 Å². The second-order valence-electron chi connectivity index (χ2n) is 7.21. The van der Waals surface area contributed by atoms with E-state index < -0.39 is 0 Å². The normalized spacial score (nSPS) is 20.0. The third-order valence-electron chi connectivity index (χ3n) is 4.73. The number of halogens is 2. The van der Waals surface area contributed by atoms with Gasteiger partial charge in [0.15, 0.2) is 0 Å². The summed E-state index contributed by atoms with van der Waals surface area (Å²) in [5, 5.41) is 0. The summed E-state index contributed by atoms with van der Waals surface area (Å²) in [7, 11) is 0. The fourth-order valence-electron chi connectivity index (χ4n) is 3.06. The lowest BCUT2D eigenvalue weighted by Gasteiger charge is -2.24. The fourth-order valence-corrected chi connectivity index (χ4v) is 4.11. The van der Waals surface area contributed by atoms with Gasteiger partial charge in [0.25, 0.3) is 0 Å². The van der Waals surface area contributed by atoms with Crippen LogP contribution in [0.3, 0.4) is 0 Å². The Morgan fingerprint density at radius 3 is 1.92 bits per heavy atom. The van der Waals surface area contributed by atoms with Crippen LogP contribution in [0.1, 0.15) is 90.9 Å². The highest BCUT2D eigenvalue weighted by Crippen LogP contribution is 2.30. The molecule has 0 amide bonds. The average Bonchev–Trinajstić information content (AvgIpc) is 2.63. The van der Waals surface area contributed by atoms with E-state index in [1.54, 1.807) is 0 Å². The minimum absolute atomic E-state index is 0.0846. The Kier molecular flexibility index (Phi) is 15.1. The molecule has 0 aromatic heterocycles. The smallest absolute Gasteiger partial charge is 0.130 e. The summed E-state index contributed by atoms with van der Waals surface area (Å²) in [4.78, 5) is 0.184. The monoisotopic (exact) mass is 492 g/mol. The minimum Gasteiger partial charge on any atom is -0.493 e. The molecule has 26 heavy (non-hydrogen) atoms. The summed E-state index contributed by atoms with van der Waals surface area (Å²) < 4.78 is 13.0. The number of hydrogen-bond acceptors (Lipinski definition) is 2. The highest BCUT2D eigenvalue weighted by molar-refractivity contribution is 9.12. The molecule has 4 heteroatoms. The first kappa shape index (κ1) is 24.2. The number of hydrogen-bond donors (Lipinski definition) is 0. The van der Waals surface area contributed by atoms with Gasteiger partial charge in [0, 0.05) is 6.61 Å². The molecular weight excluding hydrogens is 456 g/mol. The molecule has 152 valence electrons. The molecule has 0 aromatic rings. The van der Waals surface area contributed by atoms with Gasteiger partial charge in [0.05, 0.1) is 22.0 Å². The van der Waals surface area contributed by atoms with Gasteiger partial charge in [0.1, 0.15) is 5.76 Å². The zero-order valence-corrected chi connectivity index (χ0v) is 20.0. The van der Waals surface area contributed by atoms with Gasteiger partial charge in [0.2, 0.25) is 0 Å². The summed E-state index contributed by atoms with van der Waals surface area (Å²) >= 11 is 7.37.